The van der Waals surface area contributed by atoms with E-state index in [0.29, 0.717) is 11.6 Å². The molecule has 6 nitrogen and oxygen atoms in total. The fraction of sp³-hybridized carbons (Fsp3) is 0.389. The molecule has 0 unspecified atom stereocenters. The highest BCUT2D eigenvalue weighted by Gasteiger charge is 2.15. The maximum absolute atomic E-state index is 12.0. The molecule has 0 aliphatic carbocycles. The Labute approximate surface area is 150 Å². The molecule has 0 spiro atoms. The predicted octanol–water partition coefficient (Wildman–Crippen LogP) is 3.30. The number of fused-ring (bicyclic) bond motifs is 1. The molecule has 25 heavy (non-hydrogen) atoms. The predicted molar refractivity (Wildman–Crippen MR) is 94.9 cm³/mol. The summed E-state index contributed by atoms with van der Waals surface area (Å²) < 4.78 is 10.2. The summed E-state index contributed by atoms with van der Waals surface area (Å²) in [5.41, 5.74) is -0.180. The molecule has 2 aromatic rings. The Hall–Kier alpha value is -2.34. The standard InChI is InChI=1S/C18H20ClNO5/c1-2-3-4-5-8-20-17(22)11-24-18(23)16-10-14(21)13-9-12(19)6-7-15(13)25-16/h6-7,9-10H,2-5,8,11H2,1H3,(H,20,22). The molecular formula is C18H20ClNO5. The zero-order valence-corrected chi connectivity index (χ0v) is 14.7. The van der Waals surface area contributed by atoms with Crippen molar-refractivity contribution in [2.24, 2.45) is 0 Å². The van der Waals surface area contributed by atoms with Crippen molar-refractivity contribution in [2.75, 3.05) is 13.2 Å². The minimum Gasteiger partial charge on any atom is -0.450 e. The van der Waals surface area contributed by atoms with Gasteiger partial charge >= 0.3 is 5.97 Å². The first-order valence-corrected chi connectivity index (χ1v) is 8.56. The zero-order chi connectivity index (χ0) is 18.2. The van der Waals surface area contributed by atoms with E-state index in [4.69, 9.17) is 20.8 Å². The molecule has 0 fully saturated rings. The van der Waals surface area contributed by atoms with Crippen molar-refractivity contribution in [3.05, 3.63) is 45.3 Å². The molecule has 2 rings (SSSR count). The number of ether oxygens (including phenoxy) is 1. The molecule has 0 bridgehead atoms. The van der Waals surface area contributed by atoms with Crippen molar-refractivity contribution in [1.82, 2.24) is 5.32 Å². The third-order valence-electron chi connectivity index (χ3n) is 3.58. The number of nitrogens with one attached hydrogen (secondary N) is 1. The van der Waals surface area contributed by atoms with Crippen LogP contribution in [-0.4, -0.2) is 25.0 Å². The molecule has 0 radical (unpaired) electrons. The minimum atomic E-state index is -0.866. The van der Waals surface area contributed by atoms with Crippen LogP contribution < -0.4 is 10.7 Å². The van der Waals surface area contributed by atoms with Gasteiger partial charge in [-0.25, -0.2) is 4.79 Å². The van der Waals surface area contributed by atoms with E-state index in [1.807, 2.05) is 0 Å². The summed E-state index contributed by atoms with van der Waals surface area (Å²) >= 11 is 5.83. The molecule has 7 heteroatoms. The fourth-order valence-corrected chi connectivity index (χ4v) is 2.43. The highest BCUT2D eigenvalue weighted by atomic mass is 35.5. The zero-order valence-electron chi connectivity index (χ0n) is 14.0. The average molecular weight is 366 g/mol. The van der Waals surface area contributed by atoms with Crippen molar-refractivity contribution in [2.45, 2.75) is 32.6 Å². The molecule has 0 saturated heterocycles. The second-order valence-electron chi connectivity index (χ2n) is 5.60. The summed E-state index contributed by atoms with van der Waals surface area (Å²) in [4.78, 5) is 35.6. The smallest absolute Gasteiger partial charge is 0.374 e. The van der Waals surface area contributed by atoms with Gasteiger partial charge in [0.1, 0.15) is 5.58 Å². The number of hydrogen-bond acceptors (Lipinski definition) is 5. The van der Waals surface area contributed by atoms with Crippen LogP contribution in [0.1, 0.15) is 43.2 Å². The van der Waals surface area contributed by atoms with Crippen molar-refractivity contribution in [3.8, 4) is 0 Å². The molecule has 134 valence electrons. The maximum Gasteiger partial charge on any atom is 0.374 e. The second kappa shape index (κ2) is 9.22. The van der Waals surface area contributed by atoms with Gasteiger partial charge in [-0.2, -0.15) is 0 Å². The van der Waals surface area contributed by atoms with E-state index in [1.165, 1.54) is 12.1 Å². The lowest BCUT2D eigenvalue weighted by Crippen LogP contribution is -2.29. The van der Waals surface area contributed by atoms with Crippen LogP contribution in [-0.2, 0) is 9.53 Å². The normalized spacial score (nSPS) is 10.6. The number of unbranched alkanes of at least 4 members (excludes halogenated alkanes) is 3. The number of amides is 1. The average Bonchev–Trinajstić information content (AvgIpc) is 2.60. The van der Waals surface area contributed by atoms with Gasteiger partial charge in [0.25, 0.3) is 5.91 Å². The van der Waals surface area contributed by atoms with Gasteiger partial charge in [-0.3, -0.25) is 9.59 Å². The summed E-state index contributed by atoms with van der Waals surface area (Å²) in [5.74, 6) is -1.51. The lowest BCUT2D eigenvalue weighted by Gasteiger charge is -2.06. The highest BCUT2D eigenvalue weighted by molar-refractivity contribution is 6.31. The monoisotopic (exact) mass is 365 g/mol. The maximum atomic E-state index is 12.0. The number of carbonyl (C=O) groups excluding carboxylic acids is 2. The first kappa shape index (κ1) is 19.0. The van der Waals surface area contributed by atoms with E-state index in [9.17, 15) is 14.4 Å². The Kier molecular flexibility index (Phi) is 7.01. The molecule has 0 atom stereocenters. The Morgan fingerprint density at radius 2 is 2.00 bits per heavy atom. The number of hydrogen-bond donors (Lipinski definition) is 1. The van der Waals surface area contributed by atoms with Gasteiger partial charge in [-0.15, -0.1) is 0 Å². The largest absolute Gasteiger partial charge is 0.450 e. The Bertz CT molecular complexity index is 815. The molecule has 1 N–H and O–H groups in total. The van der Waals surface area contributed by atoms with Gasteiger partial charge < -0.3 is 14.5 Å². The number of halogens is 1. The van der Waals surface area contributed by atoms with Gasteiger partial charge in [0.15, 0.2) is 12.0 Å². The van der Waals surface area contributed by atoms with Crippen molar-refractivity contribution >= 4 is 34.4 Å². The Balaban J connectivity index is 1.90. The Morgan fingerprint density at radius 3 is 2.76 bits per heavy atom. The first-order valence-electron chi connectivity index (χ1n) is 8.18. The molecular weight excluding hydrogens is 346 g/mol. The van der Waals surface area contributed by atoms with Gasteiger partial charge in [0, 0.05) is 17.6 Å². The van der Waals surface area contributed by atoms with E-state index in [0.717, 1.165) is 31.7 Å². The molecule has 1 heterocycles. The van der Waals surface area contributed by atoms with Gasteiger partial charge in [0.2, 0.25) is 5.76 Å². The number of benzene rings is 1. The van der Waals surface area contributed by atoms with Crippen LogP contribution in [0.3, 0.4) is 0 Å². The van der Waals surface area contributed by atoms with E-state index >= 15 is 0 Å². The molecule has 0 aliphatic rings. The summed E-state index contributed by atoms with van der Waals surface area (Å²) in [6.07, 6.45) is 4.17. The SMILES string of the molecule is CCCCCCNC(=O)COC(=O)c1cc(=O)c2cc(Cl)ccc2o1. The molecule has 1 amide bonds. The van der Waals surface area contributed by atoms with Gasteiger partial charge in [0.05, 0.1) is 5.39 Å². The fourth-order valence-electron chi connectivity index (χ4n) is 2.26. The summed E-state index contributed by atoms with van der Waals surface area (Å²) in [6, 6.07) is 5.54. The van der Waals surface area contributed by atoms with E-state index in [-0.39, 0.29) is 22.6 Å². The summed E-state index contributed by atoms with van der Waals surface area (Å²) in [6.45, 7) is 2.23. The lowest BCUT2D eigenvalue weighted by molar-refractivity contribution is -0.124. The summed E-state index contributed by atoms with van der Waals surface area (Å²) in [7, 11) is 0. The van der Waals surface area contributed by atoms with E-state index < -0.39 is 18.0 Å². The third-order valence-corrected chi connectivity index (χ3v) is 3.81. The van der Waals surface area contributed by atoms with Crippen LogP contribution >= 0.6 is 11.6 Å². The van der Waals surface area contributed by atoms with Crippen LogP contribution in [0, 0.1) is 0 Å². The van der Waals surface area contributed by atoms with Crippen molar-refractivity contribution < 1.29 is 18.7 Å². The molecule has 0 saturated carbocycles. The van der Waals surface area contributed by atoms with E-state index in [1.54, 1.807) is 6.07 Å². The van der Waals surface area contributed by atoms with Crippen LogP contribution in [0.2, 0.25) is 5.02 Å². The highest BCUT2D eigenvalue weighted by Crippen LogP contribution is 2.17. The lowest BCUT2D eigenvalue weighted by atomic mass is 10.2. The molecule has 0 aliphatic heterocycles. The third kappa shape index (κ3) is 5.60. The first-order chi connectivity index (χ1) is 12.0. The topological polar surface area (TPSA) is 85.6 Å². The Morgan fingerprint density at radius 1 is 1.20 bits per heavy atom. The number of esters is 1. The molecule has 1 aromatic carbocycles. The molecule has 1 aromatic heterocycles. The van der Waals surface area contributed by atoms with Crippen LogP contribution in [0.5, 0.6) is 0 Å². The van der Waals surface area contributed by atoms with Gasteiger partial charge in [-0.1, -0.05) is 37.8 Å². The number of carbonyl (C=O) groups is 2. The van der Waals surface area contributed by atoms with Crippen LogP contribution in [0.4, 0.5) is 0 Å². The quantitative estimate of drug-likeness (QED) is 0.573. The van der Waals surface area contributed by atoms with Crippen LogP contribution in [0.25, 0.3) is 11.0 Å². The van der Waals surface area contributed by atoms with E-state index in [2.05, 4.69) is 12.2 Å². The summed E-state index contributed by atoms with van der Waals surface area (Å²) in [5, 5.41) is 3.34. The second-order valence-corrected chi connectivity index (χ2v) is 6.04. The minimum absolute atomic E-state index is 0.226. The number of rotatable bonds is 8. The van der Waals surface area contributed by atoms with Crippen molar-refractivity contribution in [1.29, 1.82) is 0 Å². The van der Waals surface area contributed by atoms with Gasteiger partial charge in [-0.05, 0) is 24.6 Å². The van der Waals surface area contributed by atoms with Crippen molar-refractivity contribution in [3.63, 3.8) is 0 Å². The van der Waals surface area contributed by atoms with Crippen LogP contribution in [0.15, 0.2) is 33.5 Å².